The second kappa shape index (κ2) is 6.14. The average Bonchev–Trinajstić information content (AvgIpc) is 2.29. The van der Waals surface area contributed by atoms with Gasteiger partial charge in [0.05, 0.1) is 5.75 Å². The van der Waals surface area contributed by atoms with Crippen molar-refractivity contribution in [2.24, 2.45) is 5.73 Å². The highest BCUT2D eigenvalue weighted by atomic mass is 32.2. The van der Waals surface area contributed by atoms with Gasteiger partial charge in [0.25, 0.3) is 0 Å². The van der Waals surface area contributed by atoms with Gasteiger partial charge >= 0.3 is 0 Å². The summed E-state index contributed by atoms with van der Waals surface area (Å²) in [7, 11) is -1.57. The van der Waals surface area contributed by atoms with Crippen LogP contribution in [0.2, 0.25) is 0 Å². The third kappa shape index (κ3) is 4.11. The Morgan fingerprint density at radius 2 is 1.94 bits per heavy atom. The molecule has 0 aromatic heterocycles. The Labute approximate surface area is 103 Å². The van der Waals surface area contributed by atoms with Gasteiger partial charge in [0, 0.05) is 13.6 Å². The molecule has 0 amide bonds. The summed E-state index contributed by atoms with van der Waals surface area (Å²) >= 11 is 0. The molecule has 0 aliphatic rings. The molecule has 0 radical (unpaired) electrons. The van der Waals surface area contributed by atoms with Gasteiger partial charge in [-0.15, -0.1) is 0 Å². The van der Waals surface area contributed by atoms with Gasteiger partial charge in [-0.1, -0.05) is 24.3 Å². The molecule has 0 saturated carbocycles. The van der Waals surface area contributed by atoms with Crippen molar-refractivity contribution in [2.45, 2.75) is 19.9 Å². The Bertz CT molecular complexity index is 457. The number of nitrogens with two attached hydrogens (primary N) is 1. The maximum atomic E-state index is 11.9. The zero-order chi connectivity index (χ0) is 12.9. The second-order valence-corrected chi connectivity index (χ2v) is 6.34. The van der Waals surface area contributed by atoms with Gasteiger partial charge in [-0.05, 0) is 31.0 Å². The van der Waals surface area contributed by atoms with E-state index in [4.69, 9.17) is 5.73 Å². The van der Waals surface area contributed by atoms with E-state index in [1.54, 1.807) is 7.05 Å². The Balaban J connectivity index is 2.72. The van der Waals surface area contributed by atoms with Crippen molar-refractivity contribution in [2.75, 3.05) is 19.3 Å². The van der Waals surface area contributed by atoms with Crippen LogP contribution in [0.4, 0.5) is 0 Å². The van der Waals surface area contributed by atoms with Crippen LogP contribution in [0.3, 0.4) is 0 Å². The summed E-state index contributed by atoms with van der Waals surface area (Å²) in [5.41, 5.74) is 7.47. The molecule has 0 heterocycles. The summed E-state index contributed by atoms with van der Waals surface area (Å²) in [4.78, 5) is 0. The van der Waals surface area contributed by atoms with Gasteiger partial charge in [-0.3, -0.25) is 0 Å². The molecule has 5 heteroatoms. The van der Waals surface area contributed by atoms with Crippen molar-refractivity contribution in [1.82, 2.24) is 4.31 Å². The first-order valence-corrected chi connectivity index (χ1v) is 7.27. The van der Waals surface area contributed by atoms with Gasteiger partial charge in [-0.2, -0.15) is 0 Å². The first kappa shape index (κ1) is 14.2. The fourth-order valence-electron chi connectivity index (χ4n) is 1.55. The number of hydrogen-bond donors (Lipinski definition) is 1. The van der Waals surface area contributed by atoms with E-state index < -0.39 is 10.0 Å². The number of aryl methyl sites for hydroxylation is 1. The topological polar surface area (TPSA) is 63.4 Å². The van der Waals surface area contributed by atoms with Crippen LogP contribution in [-0.4, -0.2) is 32.1 Å². The van der Waals surface area contributed by atoms with E-state index in [9.17, 15) is 8.42 Å². The molecule has 1 aromatic rings. The third-order valence-corrected chi connectivity index (χ3v) is 4.62. The lowest BCUT2D eigenvalue weighted by Crippen LogP contribution is -2.29. The highest BCUT2D eigenvalue weighted by Crippen LogP contribution is 2.12. The summed E-state index contributed by atoms with van der Waals surface area (Å²) in [6.45, 7) is 2.80. The SMILES string of the molecule is Cc1ccccc1CN(C)S(=O)(=O)CCCN. The van der Waals surface area contributed by atoms with Crippen molar-refractivity contribution in [1.29, 1.82) is 0 Å². The summed E-state index contributed by atoms with van der Waals surface area (Å²) < 4.78 is 25.1. The molecule has 2 N–H and O–H groups in total. The summed E-state index contributed by atoms with van der Waals surface area (Å²) in [5.74, 6) is 0.117. The van der Waals surface area contributed by atoms with Gasteiger partial charge < -0.3 is 5.73 Å². The highest BCUT2D eigenvalue weighted by Gasteiger charge is 2.17. The molecule has 0 atom stereocenters. The maximum Gasteiger partial charge on any atom is 0.214 e. The number of nitrogens with zero attached hydrogens (tertiary/aromatic N) is 1. The van der Waals surface area contributed by atoms with E-state index in [1.807, 2.05) is 31.2 Å². The van der Waals surface area contributed by atoms with Crippen LogP contribution < -0.4 is 5.73 Å². The van der Waals surface area contributed by atoms with Crippen molar-refractivity contribution in [3.63, 3.8) is 0 Å². The number of hydrogen-bond acceptors (Lipinski definition) is 3. The van der Waals surface area contributed by atoms with Crippen molar-refractivity contribution >= 4 is 10.0 Å². The molecule has 17 heavy (non-hydrogen) atoms. The van der Waals surface area contributed by atoms with E-state index in [0.717, 1.165) is 11.1 Å². The lowest BCUT2D eigenvalue weighted by atomic mass is 10.1. The maximum absolute atomic E-state index is 11.9. The van der Waals surface area contributed by atoms with E-state index in [1.165, 1.54) is 4.31 Å². The van der Waals surface area contributed by atoms with Crippen LogP contribution in [0.25, 0.3) is 0 Å². The molecule has 96 valence electrons. The molecule has 0 fully saturated rings. The summed E-state index contributed by atoms with van der Waals surface area (Å²) in [6.07, 6.45) is 0.500. The monoisotopic (exact) mass is 256 g/mol. The predicted octanol–water partition coefficient (Wildman–Crippen LogP) is 1.11. The Morgan fingerprint density at radius 1 is 1.29 bits per heavy atom. The zero-order valence-electron chi connectivity index (χ0n) is 10.4. The number of rotatable bonds is 6. The van der Waals surface area contributed by atoms with Crippen LogP contribution in [0.1, 0.15) is 17.5 Å². The van der Waals surface area contributed by atoms with Crippen LogP contribution >= 0.6 is 0 Å². The molecular weight excluding hydrogens is 236 g/mol. The molecule has 1 rings (SSSR count). The van der Waals surface area contributed by atoms with Crippen molar-refractivity contribution in [3.8, 4) is 0 Å². The van der Waals surface area contributed by atoms with Crippen LogP contribution in [0.5, 0.6) is 0 Å². The van der Waals surface area contributed by atoms with E-state index in [2.05, 4.69) is 0 Å². The van der Waals surface area contributed by atoms with Crippen molar-refractivity contribution < 1.29 is 8.42 Å². The van der Waals surface area contributed by atoms with Gasteiger partial charge in [-0.25, -0.2) is 12.7 Å². The fraction of sp³-hybridized carbons (Fsp3) is 0.500. The van der Waals surface area contributed by atoms with E-state index >= 15 is 0 Å². The largest absolute Gasteiger partial charge is 0.330 e. The van der Waals surface area contributed by atoms with E-state index in [0.29, 0.717) is 19.5 Å². The zero-order valence-corrected chi connectivity index (χ0v) is 11.2. The van der Waals surface area contributed by atoms with Gasteiger partial charge in [0.15, 0.2) is 0 Å². The summed E-state index contributed by atoms with van der Waals surface area (Å²) in [6, 6.07) is 7.80. The molecule has 0 spiro atoms. The quantitative estimate of drug-likeness (QED) is 0.829. The smallest absolute Gasteiger partial charge is 0.214 e. The van der Waals surface area contributed by atoms with E-state index in [-0.39, 0.29) is 5.75 Å². The highest BCUT2D eigenvalue weighted by molar-refractivity contribution is 7.89. The molecule has 0 unspecified atom stereocenters. The minimum absolute atomic E-state index is 0.117. The number of benzene rings is 1. The molecule has 0 aliphatic heterocycles. The van der Waals surface area contributed by atoms with Gasteiger partial charge in [0.1, 0.15) is 0 Å². The first-order chi connectivity index (χ1) is 7.97. The number of sulfonamides is 1. The minimum atomic E-state index is -3.18. The molecule has 0 bridgehead atoms. The Kier molecular flexibility index (Phi) is 5.11. The first-order valence-electron chi connectivity index (χ1n) is 5.66. The standard InChI is InChI=1S/C12H20N2O2S/c1-11-6-3-4-7-12(11)10-14(2)17(15,16)9-5-8-13/h3-4,6-7H,5,8-10,13H2,1-2H3. The molecule has 1 aromatic carbocycles. The second-order valence-electron chi connectivity index (χ2n) is 4.14. The predicted molar refractivity (Wildman–Crippen MR) is 70.1 cm³/mol. The average molecular weight is 256 g/mol. The van der Waals surface area contributed by atoms with Gasteiger partial charge in [0.2, 0.25) is 10.0 Å². The molecule has 0 saturated heterocycles. The summed E-state index contributed by atoms with van der Waals surface area (Å²) in [5, 5.41) is 0. The third-order valence-electron chi connectivity index (χ3n) is 2.74. The fourth-order valence-corrected chi connectivity index (χ4v) is 2.73. The normalized spacial score (nSPS) is 12.0. The molecular formula is C12H20N2O2S. The lowest BCUT2D eigenvalue weighted by molar-refractivity contribution is 0.464. The van der Waals surface area contributed by atoms with Crippen LogP contribution in [-0.2, 0) is 16.6 Å². The van der Waals surface area contributed by atoms with Crippen molar-refractivity contribution in [3.05, 3.63) is 35.4 Å². The van der Waals surface area contributed by atoms with Crippen LogP contribution in [0.15, 0.2) is 24.3 Å². The lowest BCUT2D eigenvalue weighted by Gasteiger charge is -2.18. The molecule has 0 aliphatic carbocycles. The minimum Gasteiger partial charge on any atom is -0.330 e. The Morgan fingerprint density at radius 3 is 2.53 bits per heavy atom. The Hall–Kier alpha value is -0.910. The molecule has 4 nitrogen and oxygen atoms in total. The van der Waals surface area contributed by atoms with Crippen LogP contribution in [0, 0.1) is 6.92 Å².